The highest BCUT2D eigenvalue weighted by molar-refractivity contribution is 5.79. The lowest BCUT2D eigenvalue weighted by Crippen LogP contribution is -3.19. The third-order valence-electron chi connectivity index (χ3n) is 5.48. The van der Waals surface area contributed by atoms with Crippen LogP contribution >= 0.6 is 0 Å². The molecule has 1 fully saturated rings. The van der Waals surface area contributed by atoms with Gasteiger partial charge in [-0.3, -0.25) is 4.79 Å². The van der Waals surface area contributed by atoms with Crippen LogP contribution in [0.5, 0.6) is 5.75 Å². The van der Waals surface area contributed by atoms with Gasteiger partial charge in [-0.15, -0.1) is 0 Å². The maximum absolute atomic E-state index is 13.1. The zero-order chi connectivity index (χ0) is 19.9. The molecule has 0 bridgehead atoms. The fourth-order valence-electron chi connectivity index (χ4n) is 3.60. The fourth-order valence-corrected chi connectivity index (χ4v) is 3.60. The molecular weight excluding hydrogens is 357 g/mol. The molecule has 2 aromatic carbocycles. The van der Waals surface area contributed by atoms with Crippen LogP contribution in [0.1, 0.15) is 12.5 Å². The van der Waals surface area contributed by atoms with Gasteiger partial charge in [0.25, 0.3) is 5.91 Å². The number of nitrogens with zero attached hydrogens (tertiary/aromatic N) is 1. The largest absolute Gasteiger partial charge is 0.497 e. The van der Waals surface area contributed by atoms with Gasteiger partial charge in [-0.2, -0.15) is 0 Å². The first-order chi connectivity index (χ1) is 13.6. The van der Waals surface area contributed by atoms with E-state index < -0.39 is 0 Å². The predicted molar refractivity (Wildman–Crippen MR) is 108 cm³/mol. The van der Waals surface area contributed by atoms with Gasteiger partial charge in [-0.1, -0.05) is 12.1 Å². The van der Waals surface area contributed by atoms with E-state index in [-0.39, 0.29) is 17.8 Å². The van der Waals surface area contributed by atoms with Gasteiger partial charge in [0.1, 0.15) is 11.6 Å². The van der Waals surface area contributed by atoms with Crippen molar-refractivity contribution in [3.63, 3.8) is 0 Å². The van der Waals surface area contributed by atoms with Gasteiger partial charge in [0, 0.05) is 12.2 Å². The number of anilines is 1. The summed E-state index contributed by atoms with van der Waals surface area (Å²) >= 11 is 0. The van der Waals surface area contributed by atoms with Crippen molar-refractivity contribution in [1.29, 1.82) is 0 Å². The zero-order valence-corrected chi connectivity index (χ0v) is 16.6. The van der Waals surface area contributed by atoms with Crippen LogP contribution < -0.4 is 19.9 Å². The number of amides is 1. The topological polar surface area (TPSA) is 46.0 Å². The number of carbonyl (C=O) groups is 1. The van der Waals surface area contributed by atoms with E-state index in [1.165, 1.54) is 22.6 Å². The van der Waals surface area contributed by atoms with Crippen molar-refractivity contribution in [2.75, 3.05) is 44.7 Å². The van der Waals surface area contributed by atoms with Crippen molar-refractivity contribution < 1.29 is 18.8 Å². The van der Waals surface area contributed by atoms with E-state index in [1.807, 2.05) is 43.3 Å². The summed E-state index contributed by atoms with van der Waals surface area (Å²) in [5.41, 5.74) is 2.21. The smallest absolute Gasteiger partial charge is 0.278 e. The summed E-state index contributed by atoms with van der Waals surface area (Å²) in [7, 11) is 1.65. The molecule has 0 unspecified atom stereocenters. The Hall–Kier alpha value is -2.60. The molecule has 2 aromatic rings. The third-order valence-corrected chi connectivity index (χ3v) is 5.48. The molecule has 0 aliphatic carbocycles. The molecule has 0 saturated carbocycles. The number of benzene rings is 2. The van der Waals surface area contributed by atoms with Crippen molar-refractivity contribution in [3.8, 4) is 5.75 Å². The second-order valence-corrected chi connectivity index (χ2v) is 7.23. The normalized spacial score (nSPS) is 15.9. The van der Waals surface area contributed by atoms with Crippen molar-refractivity contribution >= 4 is 11.6 Å². The van der Waals surface area contributed by atoms with Gasteiger partial charge in [-0.05, 0) is 55.3 Å². The number of rotatable bonds is 7. The van der Waals surface area contributed by atoms with E-state index in [4.69, 9.17) is 4.74 Å². The Labute approximate surface area is 166 Å². The van der Waals surface area contributed by atoms with Gasteiger partial charge >= 0.3 is 0 Å². The minimum atomic E-state index is -0.215. The standard InChI is InChI=1S/C22H28FN3O2/c1-17(22(27)24-12-11-18-3-9-21(28-2)10-4-18)25-13-15-26(16-14-25)20-7-5-19(23)6-8-20/h3-10,17H,11-16H2,1-2H3,(H,24,27)/p+1/t17-/m1/s1. The molecule has 5 nitrogen and oxygen atoms in total. The summed E-state index contributed by atoms with van der Waals surface area (Å²) in [5, 5.41) is 3.06. The Kier molecular flexibility index (Phi) is 6.87. The van der Waals surface area contributed by atoms with E-state index in [0.717, 1.165) is 44.0 Å². The van der Waals surface area contributed by atoms with Gasteiger partial charge in [0.15, 0.2) is 6.04 Å². The third kappa shape index (κ3) is 5.23. The van der Waals surface area contributed by atoms with Crippen molar-refractivity contribution in [2.45, 2.75) is 19.4 Å². The average molecular weight is 386 g/mol. The molecule has 3 rings (SSSR count). The number of hydrogen-bond donors (Lipinski definition) is 2. The molecule has 1 atom stereocenters. The number of ether oxygens (including phenoxy) is 1. The second-order valence-electron chi connectivity index (χ2n) is 7.23. The second kappa shape index (κ2) is 9.55. The molecule has 150 valence electrons. The number of carbonyl (C=O) groups excluding carboxylic acids is 1. The number of piperazine rings is 1. The molecule has 1 amide bonds. The molecule has 1 aliphatic rings. The Balaban J connectivity index is 1.41. The first-order valence-corrected chi connectivity index (χ1v) is 9.82. The number of hydrogen-bond acceptors (Lipinski definition) is 3. The Morgan fingerprint density at radius 2 is 1.79 bits per heavy atom. The number of nitrogens with one attached hydrogen (secondary N) is 2. The molecular formula is C22H29FN3O2+. The molecule has 28 heavy (non-hydrogen) atoms. The van der Waals surface area contributed by atoms with Gasteiger partial charge in [0.2, 0.25) is 0 Å². The number of halogens is 1. The van der Waals surface area contributed by atoms with Crippen LogP contribution in [0.15, 0.2) is 48.5 Å². The van der Waals surface area contributed by atoms with E-state index >= 15 is 0 Å². The van der Waals surface area contributed by atoms with Crippen LogP contribution in [0.2, 0.25) is 0 Å². The summed E-state index contributed by atoms with van der Waals surface area (Å²) in [5.74, 6) is 0.719. The van der Waals surface area contributed by atoms with Crippen molar-refractivity contribution in [2.24, 2.45) is 0 Å². The van der Waals surface area contributed by atoms with E-state index in [0.29, 0.717) is 6.54 Å². The van der Waals surface area contributed by atoms with Crippen LogP contribution in [0.3, 0.4) is 0 Å². The van der Waals surface area contributed by atoms with Gasteiger partial charge in [0.05, 0.1) is 33.3 Å². The SMILES string of the molecule is COc1ccc(CCNC(=O)[C@@H](C)[NH+]2CCN(c3ccc(F)cc3)CC2)cc1. The fraction of sp³-hybridized carbons (Fsp3) is 0.409. The minimum absolute atomic E-state index is 0.0776. The van der Waals surface area contributed by atoms with E-state index in [1.54, 1.807) is 7.11 Å². The Bertz CT molecular complexity index is 756. The molecule has 1 aliphatic heterocycles. The predicted octanol–water partition coefficient (Wildman–Crippen LogP) is 1.29. The van der Waals surface area contributed by atoms with Crippen molar-refractivity contribution in [1.82, 2.24) is 5.32 Å². The average Bonchev–Trinajstić information content (AvgIpc) is 2.74. The lowest BCUT2D eigenvalue weighted by molar-refractivity contribution is -0.914. The molecule has 6 heteroatoms. The molecule has 2 N–H and O–H groups in total. The molecule has 1 saturated heterocycles. The minimum Gasteiger partial charge on any atom is -0.497 e. The summed E-state index contributed by atoms with van der Waals surface area (Å²) in [6.07, 6.45) is 0.802. The highest BCUT2D eigenvalue weighted by Crippen LogP contribution is 2.14. The van der Waals surface area contributed by atoms with Crippen LogP contribution in [-0.2, 0) is 11.2 Å². The van der Waals surface area contributed by atoms with Gasteiger partial charge in [-0.25, -0.2) is 4.39 Å². The molecule has 0 aromatic heterocycles. The molecule has 1 heterocycles. The summed E-state index contributed by atoms with van der Waals surface area (Å²) < 4.78 is 18.2. The van der Waals surface area contributed by atoms with Crippen LogP contribution in [-0.4, -0.2) is 51.8 Å². The van der Waals surface area contributed by atoms with E-state index in [2.05, 4.69) is 10.2 Å². The lowest BCUT2D eigenvalue weighted by atomic mass is 10.1. The van der Waals surface area contributed by atoms with E-state index in [9.17, 15) is 9.18 Å². The summed E-state index contributed by atoms with van der Waals surface area (Å²) in [6, 6.07) is 14.5. The number of methoxy groups -OCH3 is 1. The monoisotopic (exact) mass is 386 g/mol. The summed E-state index contributed by atoms with van der Waals surface area (Å²) in [4.78, 5) is 16.1. The maximum atomic E-state index is 13.1. The quantitative estimate of drug-likeness (QED) is 0.754. The number of quaternary nitrogens is 1. The van der Waals surface area contributed by atoms with Crippen molar-refractivity contribution in [3.05, 3.63) is 59.9 Å². The first kappa shape index (κ1) is 20.1. The van der Waals surface area contributed by atoms with Crippen LogP contribution in [0, 0.1) is 5.82 Å². The van der Waals surface area contributed by atoms with Crippen LogP contribution in [0.4, 0.5) is 10.1 Å². The van der Waals surface area contributed by atoms with Gasteiger partial charge < -0.3 is 19.9 Å². The molecule has 0 radical (unpaired) electrons. The zero-order valence-electron chi connectivity index (χ0n) is 16.6. The highest BCUT2D eigenvalue weighted by atomic mass is 19.1. The lowest BCUT2D eigenvalue weighted by Gasteiger charge is -2.36. The molecule has 0 spiro atoms. The van der Waals surface area contributed by atoms with Crippen LogP contribution in [0.25, 0.3) is 0 Å². The first-order valence-electron chi connectivity index (χ1n) is 9.82. The Morgan fingerprint density at radius 3 is 2.39 bits per heavy atom. The highest BCUT2D eigenvalue weighted by Gasteiger charge is 2.29. The Morgan fingerprint density at radius 1 is 1.14 bits per heavy atom. The summed E-state index contributed by atoms with van der Waals surface area (Å²) in [6.45, 7) is 6.14. The maximum Gasteiger partial charge on any atom is 0.278 e.